The fourth-order valence-corrected chi connectivity index (χ4v) is 0.881. The molecule has 0 spiro atoms. The highest BCUT2D eigenvalue weighted by atomic mass is 19.4. The van der Waals surface area contributed by atoms with E-state index in [-0.39, 0.29) is 13.0 Å². The molecule has 94 valence electrons. The molecule has 5 nitrogen and oxygen atoms in total. The number of carboxylic acids is 2. The third-order valence-corrected chi connectivity index (χ3v) is 1.62. The van der Waals surface area contributed by atoms with Crippen LogP contribution in [-0.2, 0) is 9.59 Å². The zero-order valence-electron chi connectivity index (χ0n) is 7.79. The van der Waals surface area contributed by atoms with Crippen molar-refractivity contribution < 1.29 is 37.4 Å². The minimum atomic E-state index is -5.08. The summed E-state index contributed by atoms with van der Waals surface area (Å²) >= 11 is 0. The molecule has 1 saturated heterocycles. The molecule has 3 N–H and O–H groups in total. The van der Waals surface area contributed by atoms with Crippen molar-refractivity contribution >= 4 is 11.9 Å². The van der Waals surface area contributed by atoms with Crippen molar-refractivity contribution in [3.05, 3.63) is 0 Å². The summed E-state index contributed by atoms with van der Waals surface area (Å²) in [6.07, 6.45) is -5.96. The number of halogens is 4. The van der Waals surface area contributed by atoms with Crippen molar-refractivity contribution in [2.24, 2.45) is 0 Å². The number of hydrogen-bond donors (Lipinski definition) is 3. The zero-order chi connectivity index (χ0) is 12.9. The van der Waals surface area contributed by atoms with Gasteiger partial charge in [0.1, 0.15) is 12.2 Å². The minimum Gasteiger partial charge on any atom is -0.480 e. The quantitative estimate of drug-likeness (QED) is 0.584. The van der Waals surface area contributed by atoms with Gasteiger partial charge in [0.25, 0.3) is 0 Å². The fraction of sp³-hybridized carbons (Fsp3) is 0.714. The van der Waals surface area contributed by atoms with Gasteiger partial charge < -0.3 is 15.5 Å². The van der Waals surface area contributed by atoms with Crippen molar-refractivity contribution in [3.8, 4) is 0 Å². The molecule has 0 aliphatic carbocycles. The van der Waals surface area contributed by atoms with Crippen LogP contribution < -0.4 is 5.32 Å². The Bertz CT molecular complexity index is 268. The predicted octanol–water partition coefficient (Wildman–Crippen LogP) is 0.404. The lowest BCUT2D eigenvalue weighted by Gasteiger charge is -1.99. The first-order chi connectivity index (χ1) is 7.14. The maximum atomic E-state index is 12.2. The van der Waals surface area contributed by atoms with Crippen LogP contribution in [0.15, 0.2) is 0 Å². The Balaban J connectivity index is 0.000000293. The Morgan fingerprint density at radius 3 is 1.81 bits per heavy atom. The molecule has 1 fully saturated rings. The first-order valence-electron chi connectivity index (χ1n) is 4.05. The van der Waals surface area contributed by atoms with E-state index in [1.807, 2.05) is 0 Å². The molecule has 2 atom stereocenters. The normalized spacial score (nSPS) is 24.5. The van der Waals surface area contributed by atoms with Crippen LogP contribution in [0.1, 0.15) is 6.42 Å². The molecule has 16 heavy (non-hydrogen) atoms. The third kappa shape index (κ3) is 5.49. The van der Waals surface area contributed by atoms with Gasteiger partial charge in [-0.1, -0.05) is 0 Å². The number of hydrogen-bond acceptors (Lipinski definition) is 3. The Kier molecular flexibility index (Phi) is 5.15. The fourth-order valence-electron chi connectivity index (χ4n) is 0.881. The average Bonchev–Trinajstić information content (AvgIpc) is 2.51. The molecule has 1 rings (SSSR count). The highest BCUT2D eigenvalue weighted by molar-refractivity contribution is 5.74. The van der Waals surface area contributed by atoms with Gasteiger partial charge in [-0.15, -0.1) is 0 Å². The lowest BCUT2D eigenvalue weighted by atomic mass is 10.2. The Hall–Kier alpha value is -1.38. The SMILES string of the molecule is O=C(O)C(F)(F)F.O=C(O)[C@@H]1C[C@H](F)CN1. The molecule has 0 radical (unpaired) electrons. The molecular formula is C7H9F4NO4. The molecule has 9 heteroatoms. The first-order valence-corrected chi connectivity index (χ1v) is 4.05. The molecular weight excluding hydrogens is 238 g/mol. The van der Waals surface area contributed by atoms with Crippen LogP contribution in [0.2, 0.25) is 0 Å². The molecule has 1 aliphatic rings. The number of alkyl halides is 4. The smallest absolute Gasteiger partial charge is 0.480 e. The van der Waals surface area contributed by atoms with Crippen molar-refractivity contribution in [1.82, 2.24) is 5.32 Å². The van der Waals surface area contributed by atoms with E-state index in [2.05, 4.69) is 5.32 Å². The van der Waals surface area contributed by atoms with Crippen LogP contribution in [0.5, 0.6) is 0 Å². The van der Waals surface area contributed by atoms with E-state index in [1.54, 1.807) is 0 Å². The van der Waals surface area contributed by atoms with Crippen molar-refractivity contribution in [2.45, 2.75) is 24.8 Å². The van der Waals surface area contributed by atoms with Crippen LogP contribution in [0.4, 0.5) is 17.6 Å². The summed E-state index contributed by atoms with van der Waals surface area (Å²) < 4.78 is 43.9. The molecule has 1 aliphatic heterocycles. The van der Waals surface area contributed by atoms with Gasteiger partial charge >= 0.3 is 18.1 Å². The van der Waals surface area contributed by atoms with E-state index in [9.17, 15) is 22.4 Å². The van der Waals surface area contributed by atoms with Gasteiger partial charge in [-0.05, 0) is 0 Å². The minimum absolute atomic E-state index is 0.106. The second-order valence-corrected chi connectivity index (χ2v) is 2.93. The highest BCUT2D eigenvalue weighted by Gasteiger charge is 2.38. The van der Waals surface area contributed by atoms with E-state index in [0.717, 1.165) is 0 Å². The topological polar surface area (TPSA) is 86.6 Å². The van der Waals surface area contributed by atoms with Gasteiger partial charge in [0.15, 0.2) is 0 Å². The van der Waals surface area contributed by atoms with Crippen LogP contribution >= 0.6 is 0 Å². The predicted molar refractivity (Wildman–Crippen MR) is 42.6 cm³/mol. The first kappa shape index (κ1) is 14.6. The van der Waals surface area contributed by atoms with Gasteiger partial charge in [0.2, 0.25) is 0 Å². The van der Waals surface area contributed by atoms with Gasteiger partial charge in [0, 0.05) is 13.0 Å². The number of carbonyl (C=O) groups is 2. The maximum absolute atomic E-state index is 12.2. The van der Waals surface area contributed by atoms with E-state index < -0.39 is 30.3 Å². The van der Waals surface area contributed by atoms with Crippen molar-refractivity contribution in [3.63, 3.8) is 0 Å². The Labute approximate surface area is 87.1 Å². The lowest BCUT2D eigenvalue weighted by Crippen LogP contribution is -2.29. The van der Waals surface area contributed by atoms with E-state index in [4.69, 9.17) is 15.0 Å². The molecule has 0 bridgehead atoms. The van der Waals surface area contributed by atoms with Gasteiger partial charge in [-0.25, -0.2) is 9.18 Å². The summed E-state index contributed by atoms with van der Waals surface area (Å²) in [7, 11) is 0. The summed E-state index contributed by atoms with van der Waals surface area (Å²) in [5, 5.41) is 18.0. The molecule has 0 aromatic carbocycles. The summed E-state index contributed by atoms with van der Waals surface area (Å²) in [5.74, 6) is -3.72. The number of carboxylic acid groups (broad SMARTS) is 2. The maximum Gasteiger partial charge on any atom is 0.490 e. The summed E-state index contributed by atoms with van der Waals surface area (Å²) in [4.78, 5) is 19.0. The van der Waals surface area contributed by atoms with Crippen LogP contribution in [0.25, 0.3) is 0 Å². The largest absolute Gasteiger partial charge is 0.490 e. The summed E-state index contributed by atoms with van der Waals surface area (Å²) in [6.45, 7) is 0.178. The van der Waals surface area contributed by atoms with Crippen molar-refractivity contribution in [2.75, 3.05) is 6.54 Å². The van der Waals surface area contributed by atoms with E-state index >= 15 is 0 Å². The van der Waals surface area contributed by atoms with Gasteiger partial charge in [-0.3, -0.25) is 4.79 Å². The number of aliphatic carboxylic acids is 2. The van der Waals surface area contributed by atoms with Gasteiger partial charge in [0.05, 0.1) is 0 Å². The van der Waals surface area contributed by atoms with Crippen LogP contribution in [0, 0.1) is 0 Å². The number of nitrogens with one attached hydrogen (secondary N) is 1. The standard InChI is InChI=1S/C5H8FNO2.C2HF3O2/c6-3-1-4(5(8)9)7-2-3;3-2(4,5)1(6)7/h3-4,7H,1-2H2,(H,8,9);(H,6,7)/t3-,4-;/m0./s1. The second-order valence-electron chi connectivity index (χ2n) is 2.93. The Morgan fingerprint density at radius 1 is 1.25 bits per heavy atom. The molecule has 0 saturated carbocycles. The lowest BCUT2D eigenvalue weighted by molar-refractivity contribution is -0.192. The average molecular weight is 247 g/mol. The van der Waals surface area contributed by atoms with E-state index in [0.29, 0.717) is 0 Å². The summed E-state index contributed by atoms with van der Waals surface area (Å²) in [6, 6.07) is -0.667. The second kappa shape index (κ2) is 5.64. The number of rotatable bonds is 1. The molecule has 0 unspecified atom stereocenters. The highest BCUT2D eigenvalue weighted by Crippen LogP contribution is 2.13. The third-order valence-electron chi connectivity index (χ3n) is 1.62. The molecule has 0 aromatic heterocycles. The molecule has 1 heterocycles. The van der Waals surface area contributed by atoms with Crippen LogP contribution in [0.3, 0.4) is 0 Å². The van der Waals surface area contributed by atoms with Crippen molar-refractivity contribution in [1.29, 1.82) is 0 Å². The van der Waals surface area contributed by atoms with Gasteiger partial charge in [-0.2, -0.15) is 13.2 Å². The molecule has 0 amide bonds. The Morgan fingerprint density at radius 2 is 1.69 bits per heavy atom. The summed E-state index contributed by atoms with van der Waals surface area (Å²) in [5.41, 5.74) is 0. The van der Waals surface area contributed by atoms with Crippen LogP contribution in [-0.4, -0.2) is 47.1 Å². The monoisotopic (exact) mass is 247 g/mol. The molecule has 0 aromatic rings. The zero-order valence-corrected chi connectivity index (χ0v) is 7.79. The van der Waals surface area contributed by atoms with E-state index in [1.165, 1.54) is 0 Å².